The zero-order chi connectivity index (χ0) is 12.8. The normalized spacial score (nSPS) is 13.1. The molecule has 4 heteroatoms. The van der Waals surface area contributed by atoms with Crippen LogP contribution in [0.2, 0.25) is 0 Å². The van der Waals surface area contributed by atoms with Crippen LogP contribution in [0.1, 0.15) is 10.6 Å². The Morgan fingerprint density at radius 2 is 1.95 bits per heavy atom. The fourth-order valence-electron chi connectivity index (χ4n) is 2.45. The number of hydrogen-bond acceptors (Lipinski definition) is 4. The Labute approximate surface area is 114 Å². The van der Waals surface area contributed by atoms with Gasteiger partial charge in [0, 0.05) is 28.1 Å². The largest absolute Gasteiger partial charge is 0.469 e. The molecule has 2 aromatic heterocycles. The highest BCUT2D eigenvalue weighted by Gasteiger charge is 2.23. The third-order valence-corrected chi connectivity index (χ3v) is 4.60. The maximum absolute atomic E-state index is 5.72. The van der Waals surface area contributed by atoms with Gasteiger partial charge in [0.25, 0.3) is 0 Å². The van der Waals surface area contributed by atoms with Crippen molar-refractivity contribution in [1.82, 2.24) is 4.98 Å². The summed E-state index contributed by atoms with van der Waals surface area (Å²) in [5.41, 5.74) is 9.87. The van der Waals surface area contributed by atoms with Crippen molar-refractivity contribution in [2.45, 2.75) is 12.8 Å². The SMILES string of the molecule is Nc1ccc(-c2nc3c(s2)CCc2occc2-3)cc1. The van der Waals surface area contributed by atoms with Crippen LogP contribution in [-0.4, -0.2) is 4.98 Å². The van der Waals surface area contributed by atoms with Gasteiger partial charge < -0.3 is 10.2 Å². The fraction of sp³-hybridized carbons (Fsp3) is 0.133. The highest BCUT2D eigenvalue weighted by Crippen LogP contribution is 2.39. The molecule has 0 atom stereocenters. The van der Waals surface area contributed by atoms with Gasteiger partial charge in [0.1, 0.15) is 10.8 Å². The average Bonchev–Trinajstić information content (AvgIpc) is 3.04. The van der Waals surface area contributed by atoms with E-state index in [2.05, 4.69) is 0 Å². The van der Waals surface area contributed by atoms with Crippen LogP contribution >= 0.6 is 11.3 Å². The molecule has 0 fully saturated rings. The molecule has 94 valence electrons. The van der Waals surface area contributed by atoms with Crippen molar-refractivity contribution in [1.29, 1.82) is 0 Å². The molecule has 4 rings (SSSR count). The quantitative estimate of drug-likeness (QED) is 0.684. The number of fused-ring (bicyclic) bond motifs is 3. The van der Waals surface area contributed by atoms with E-state index in [1.165, 1.54) is 4.88 Å². The van der Waals surface area contributed by atoms with Gasteiger partial charge in [-0.15, -0.1) is 11.3 Å². The monoisotopic (exact) mass is 268 g/mol. The van der Waals surface area contributed by atoms with Gasteiger partial charge in [0.05, 0.1) is 12.0 Å². The highest BCUT2D eigenvalue weighted by atomic mass is 32.1. The first-order valence-corrected chi connectivity index (χ1v) is 7.05. The van der Waals surface area contributed by atoms with Gasteiger partial charge >= 0.3 is 0 Å². The van der Waals surface area contributed by atoms with Gasteiger partial charge in [-0.25, -0.2) is 4.98 Å². The lowest BCUT2D eigenvalue weighted by Gasteiger charge is -2.07. The second kappa shape index (κ2) is 3.96. The van der Waals surface area contributed by atoms with E-state index in [-0.39, 0.29) is 0 Å². The number of nitrogens with zero attached hydrogens (tertiary/aromatic N) is 1. The van der Waals surface area contributed by atoms with Gasteiger partial charge in [-0.2, -0.15) is 0 Å². The standard InChI is InChI=1S/C15H12N2OS/c16-10-3-1-9(2-4-10)15-17-14-11-7-8-18-12(11)5-6-13(14)19-15/h1-4,7-8H,5-6,16H2. The number of aromatic nitrogens is 1. The molecule has 0 bridgehead atoms. The molecule has 0 saturated carbocycles. The lowest BCUT2D eigenvalue weighted by Crippen LogP contribution is -1.98. The number of aryl methyl sites for hydroxylation is 2. The van der Waals surface area contributed by atoms with Crippen LogP contribution in [0.5, 0.6) is 0 Å². The summed E-state index contributed by atoms with van der Waals surface area (Å²) in [6.07, 6.45) is 3.74. The fourth-order valence-corrected chi connectivity index (χ4v) is 3.53. The Morgan fingerprint density at radius 1 is 1.11 bits per heavy atom. The Kier molecular flexibility index (Phi) is 2.26. The van der Waals surface area contributed by atoms with Gasteiger partial charge in [-0.1, -0.05) is 0 Å². The van der Waals surface area contributed by atoms with Crippen molar-refractivity contribution in [2.75, 3.05) is 5.73 Å². The number of benzene rings is 1. The molecule has 0 amide bonds. The molecule has 19 heavy (non-hydrogen) atoms. The number of hydrogen-bond donors (Lipinski definition) is 1. The zero-order valence-corrected chi connectivity index (χ0v) is 11.0. The number of nitrogens with two attached hydrogens (primary N) is 1. The Hall–Kier alpha value is -2.07. The maximum atomic E-state index is 5.72. The Bertz CT molecular complexity index is 740. The van der Waals surface area contributed by atoms with E-state index in [1.54, 1.807) is 17.6 Å². The van der Waals surface area contributed by atoms with E-state index in [0.717, 1.165) is 46.1 Å². The van der Waals surface area contributed by atoms with Crippen molar-refractivity contribution in [2.24, 2.45) is 0 Å². The number of nitrogen functional groups attached to an aromatic ring is 1. The summed E-state index contributed by atoms with van der Waals surface area (Å²) < 4.78 is 5.49. The van der Waals surface area contributed by atoms with Crippen LogP contribution in [-0.2, 0) is 12.8 Å². The molecule has 1 aliphatic carbocycles. The van der Waals surface area contributed by atoms with E-state index in [4.69, 9.17) is 15.1 Å². The first-order chi connectivity index (χ1) is 9.31. The lowest BCUT2D eigenvalue weighted by molar-refractivity contribution is 0.508. The van der Waals surface area contributed by atoms with Crippen molar-refractivity contribution < 1.29 is 4.42 Å². The molecule has 0 radical (unpaired) electrons. The summed E-state index contributed by atoms with van der Waals surface area (Å²) in [6.45, 7) is 0. The minimum Gasteiger partial charge on any atom is -0.469 e. The maximum Gasteiger partial charge on any atom is 0.124 e. The van der Waals surface area contributed by atoms with Crippen LogP contribution in [0.15, 0.2) is 41.0 Å². The van der Waals surface area contributed by atoms with Crippen LogP contribution in [0, 0.1) is 0 Å². The summed E-state index contributed by atoms with van der Waals surface area (Å²) >= 11 is 1.77. The van der Waals surface area contributed by atoms with Gasteiger partial charge in [-0.3, -0.25) is 0 Å². The molecule has 0 aliphatic heterocycles. The van der Waals surface area contributed by atoms with Crippen LogP contribution in [0.25, 0.3) is 21.8 Å². The van der Waals surface area contributed by atoms with Crippen LogP contribution in [0.3, 0.4) is 0 Å². The minimum absolute atomic E-state index is 0.780. The Balaban J connectivity index is 1.84. The highest BCUT2D eigenvalue weighted by molar-refractivity contribution is 7.15. The number of rotatable bonds is 1. The summed E-state index contributed by atoms with van der Waals surface area (Å²) in [6, 6.07) is 9.89. The predicted octanol–water partition coefficient (Wildman–Crippen LogP) is 3.75. The molecular formula is C15H12N2OS. The van der Waals surface area contributed by atoms with E-state index in [1.807, 2.05) is 30.3 Å². The topological polar surface area (TPSA) is 52.0 Å². The first-order valence-electron chi connectivity index (χ1n) is 6.23. The van der Waals surface area contributed by atoms with Crippen molar-refractivity contribution in [3.8, 4) is 21.8 Å². The number of anilines is 1. The molecule has 2 heterocycles. The van der Waals surface area contributed by atoms with E-state index in [0.29, 0.717) is 0 Å². The van der Waals surface area contributed by atoms with Crippen molar-refractivity contribution >= 4 is 17.0 Å². The van der Waals surface area contributed by atoms with Gasteiger partial charge in [-0.05, 0) is 36.8 Å². The van der Waals surface area contributed by atoms with Crippen LogP contribution in [0.4, 0.5) is 5.69 Å². The zero-order valence-electron chi connectivity index (χ0n) is 10.2. The van der Waals surface area contributed by atoms with E-state index < -0.39 is 0 Å². The number of thiazole rings is 1. The second-order valence-electron chi connectivity index (χ2n) is 4.67. The smallest absolute Gasteiger partial charge is 0.124 e. The summed E-state index contributed by atoms with van der Waals surface area (Å²) in [5.74, 6) is 1.06. The van der Waals surface area contributed by atoms with Crippen molar-refractivity contribution in [3.05, 3.63) is 47.2 Å². The summed E-state index contributed by atoms with van der Waals surface area (Å²) in [7, 11) is 0. The minimum atomic E-state index is 0.780. The number of furan rings is 1. The van der Waals surface area contributed by atoms with Gasteiger partial charge in [0.2, 0.25) is 0 Å². The molecule has 1 aromatic carbocycles. The summed E-state index contributed by atoms with van der Waals surface area (Å²) in [5, 5.41) is 1.05. The average molecular weight is 268 g/mol. The van der Waals surface area contributed by atoms with E-state index >= 15 is 0 Å². The Morgan fingerprint density at radius 3 is 2.79 bits per heavy atom. The third-order valence-electron chi connectivity index (χ3n) is 3.43. The predicted molar refractivity (Wildman–Crippen MR) is 77.1 cm³/mol. The van der Waals surface area contributed by atoms with Gasteiger partial charge in [0.15, 0.2) is 0 Å². The summed E-state index contributed by atoms with van der Waals surface area (Å²) in [4.78, 5) is 6.13. The molecule has 2 N–H and O–H groups in total. The second-order valence-corrected chi connectivity index (χ2v) is 5.75. The lowest BCUT2D eigenvalue weighted by atomic mass is 10.0. The molecule has 0 spiro atoms. The molecule has 1 aliphatic rings. The third kappa shape index (κ3) is 1.68. The molecular weight excluding hydrogens is 256 g/mol. The first kappa shape index (κ1) is 10.8. The van der Waals surface area contributed by atoms with Crippen molar-refractivity contribution in [3.63, 3.8) is 0 Å². The molecule has 0 unspecified atom stereocenters. The molecule has 0 saturated heterocycles. The van der Waals surface area contributed by atoms with E-state index in [9.17, 15) is 0 Å². The van der Waals surface area contributed by atoms with Crippen LogP contribution < -0.4 is 5.73 Å². The molecule has 3 aromatic rings. The molecule has 3 nitrogen and oxygen atoms in total.